The van der Waals surface area contributed by atoms with Gasteiger partial charge in [0.1, 0.15) is 274 Å². The molecule has 0 radical (unpaired) electrons. The van der Waals surface area contributed by atoms with Crippen molar-refractivity contribution in [2.75, 3.05) is 59.5 Å². The molecule has 0 saturated carbocycles. The highest BCUT2D eigenvalue weighted by atomic mass is 16.8. The van der Waals surface area contributed by atoms with E-state index in [1.807, 2.05) is 0 Å². The molecule has 12 heterocycles. The Hall–Kier alpha value is -4.28. The molecule has 1 unspecified atom stereocenters. The van der Waals surface area contributed by atoms with Crippen LogP contribution in [0.1, 0.15) is 48.5 Å². The van der Waals surface area contributed by atoms with Crippen LogP contribution in [0.15, 0.2) is 0 Å². The van der Waals surface area contributed by atoms with Crippen LogP contribution in [0.2, 0.25) is 0 Å². The second kappa shape index (κ2) is 50.3. The third-order valence-electron chi connectivity index (χ3n) is 26.6. The second-order valence-corrected chi connectivity index (χ2v) is 36.6. The van der Waals surface area contributed by atoms with E-state index in [0.29, 0.717) is 0 Å². The van der Waals surface area contributed by atoms with Crippen molar-refractivity contribution in [3.63, 3.8) is 0 Å². The molecule has 0 aromatic rings. The van der Waals surface area contributed by atoms with Crippen LogP contribution in [-0.2, 0) is 128 Å². The summed E-state index contributed by atoms with van der Waals surface area (Å²) in [6.45, 7) is -3.08. The fraction of sp³-hybridized carbons (Fsp3) is 0.950. The highest BCUT2D eigenvalue weighted by molar-refractivity contribution is 5.74. The Bertz CT molecular complexity index is 3940. The molecule has 12 aliphatic rings. The molecule has 0 aromatic heterocycles. The minimum Gasteiger partial charge on any atom is -0.394 e. The van der Waals surface area contributed by atoms with Gasteiger partial charge in [0.05, 0.1) is 77.8 Å². The van der Waals surface area contributed by atoms with E-state index in [2.05, 4.69) is 21.3 Å². The van der Waals surface area contributed by atoms with E-state index in [0.717, 1.165) is 27.7 Å². The number of nitrogens with one attached hydrogen (secondary N) is 4. The number of amides is 4. The number of carbonyl (C=O) groups excluding carboxylic acids is 4. The van der Waals surface area contributed by atoms with E-state index in [4.69, 9.17) is 109 Å². The molecule has 12 saturated heterocycles. The molecule has 4 amide bonds. The van der Waals surface area contributed by atoms with Gasteiger partial charge in [0.15, 0.2) is 75.5 Å². The monoisotopic (exact) mass is 2080 g/mol. The molecule has 0 aromatic carbocycles. The van der Waals surface area contributed by atoms with E-state index >= 15 is 0 Å². The van der Waals surface area contributed by atoms with Crippen LogP contribution in [0.4, 0.5) is 0 Å². The summed E-state index contributed by atoms with van der Waals surface area (Å²) in [5.41, 5.74) is 0. The molecule has 0 aliphatic carbocycles. The molecule has 142 heavy (non-hydrogen) atoms. The predicted octanol–water partition coefficient (Wildman–Crippen LogP) is -23.5. The summed E-state index contributed by atoms with van der Waals surface area (Å²) in [7, 11) is 0. The maximum Gasteiger partial charge on any atom is 0.217 e. The topological polar surface area (TPSA) is 956 Å². The lowest BCUT2D eigenvalue weighted by Crippen LogP contribution is -2.71. The lowest BCUT2D eigenvalue weighted by molar-refractivity contribution is -0.402. The summed E-state index contributed by atoms with van der Waals surface area (Å²) in [5.74, 6) is -3.94. The van der Waals surface area contributed by atoms with Gasteiger partial charge in [-0.3, -0.25) is 19.2 Å². The number of hydrogen-bond acceptors (Lipinski definition) is 58. The number of ether oxygens (including phenoxy) is 23. The standard InChI is InChI=1S/C80H134N4O58/c1-17-37(96)49(108)56(115)73(122-17)120-16-32-63(45(104)33(69(119)125-32)81-20(4)92)134-70-34(82-21(5)93)46(105)60(28(12-89)130-70)135-76-59(118)64(138-80-66(53(112)41(100)27(11-88)129-80)140-72-36(84-23(7)95)48(107)62(30(14-91)132-72)137-79-68(55(114)43(102)26(10-87)128-79)142-75-58(117)51(110)39(98)19(3)124-75)44(103)31(133-76)15-121-77-65(52(111)40(99)24(8-85)126-77)139-71-35(83-22(6)94)47(106)61(29(13-90)131-71)136-78-67(54(113)42(101)25(9-86)127-78)141-74-57(116)50(109)38(97)18(2)123-74/h17-19,24-80,85-91,96-119H,8-16H2,1-7H3,(H,81,92)(H,82,93)(H,83,94)(H,84,95)/t17-,18-,19-,24+,25+,26+,27+,28+,29+,30+,31+,32+,33+,34+,35+,36+,37+,38+,39+,40+,41+,42-,43-,44+,45+,46+,47+,48+,49+,50+,51+,52-,53-,54-,55-,56-,57-,58-,59-,60+,61+,62+,63+,64-,65-,66-,67+,68+,69?,70-,71-,72-,73+,74-,75-,76-,77-,78-,79-,80+/m0/s1. The van der Waals surface area contributed by atoms with Crippen LogP contribution >= 0.6 is 0 Å². The van der Waals surface area contributed by atoms with Crippen molar-refractivity contribution < 1.29 is 286 Å². The zero-order valence-corrected chi connectivity index (χ0v) is 76.9. The minimum atomic E-state index is -2.70. The van der Waals surface area contributed by atoms with E-state index in [9.17, 15) is 177 Å². The van der Waals surface area contributed by atoms with Crippen LogP contribution in [-0.4, -0.2) is 610 Å². The van der Waals surface area contributed by atoms with Crippen molar-refractivity contribution in [2.45, 2.75) is 417 Å². The summed E-state index contributed by atoms with van der Waals surface area (Å²) in [5, 5.41) is 360. The first-order chi connectivity index (χ1) is 67.1. The predicted molar refractivity (Wildman–Crippen MR) is 437 cm³/mol. The van der Waals surface area contributed by atoms with Crippen molar-refractivity contribution in [3.8, 4) is 0 Å². The van der Waals surface area contributed by atoms with Gasteiger partial charge in [-0.25, -0.2) is 0 Å². The molecule has 0 spiro atoms. The van der Waals surface area contributed by atoms with Crippen molar-refractivity contribution in [2.24, 2.45) is 0 Å². The van der Waals surface area contributed by atoms with Gasteiger partial charge in [-0.15, -0.1) is 0 Å². The fourth-order valence-electron chi connectivity index (χ4n) is 18.6. The van der Waals surface area contributed by atoms with Crippen LogP contribution in [0.5, 0.6) is 0 Å². The smallest absolute Gasteiger partial charge is 0.217 e. The van der Waals surface area contributed by atoms with Gasteiger partial charge in [0.2, 0.25) is 23.6 Å². The molecule has 12 rings (SSSR count). The first-order valence-electron chi connectivity index (χ1n) is 45.7. The highest BCUT2D eigenvalue weighted by Gasteiger charge is 2.64. The minimum absolute atomic E-state index is 0.868. The Labute approximate surface area is 805 Å². The van der Waals surface area contributed by atoms with E-state index < -0.39 is 451 Å². The molecule has 12 aliphatic heterocycles. The van der Waals surface area contributed by atoms with Gasteiger partial charge in [0.25, 0.3) is 0 Å². The maximum atomic E-state index is 13.4. The first-order valence-corrected chi connectivity index (χ1v) is 45.7. The Morgan fingerprint density at radius 1 is 0.197 bits per heavy atom. The normalized spacial score (nSPS) is 50.9. The Kier molecular flexibility index (Phi) is 41.2. The summed E-state index contributed by atoms with van der Waals surface area (Å²) >= 11 is 0. The number of aliphatic hydroxyl groups is 31. The SMILES string of the molecule is CC(=O)N[C@H]1[C@H](O[C@H]2[C@H](O)[C@@H](NC(C)=O)C(O)O[C@@H]2CO[C@@H]2O[C@@H](C)[C@@H](O)[C@@H](O)[C@@H]2O)O[C@H](CO)[C@@H](O[C@@H]2O[C@H](CO[C@H]3O[C@H](CO)[C@@H](O)[C@H](O)[C@@H]3O[C@@H]3O[C@H](CO)[C@@H](O[C@@H]4O[C@H](CO)[C@H](O)[C@H](O)[C@H]4O[C@@H]4O[C@@H](C)[C@@H](O)[C@@H](O)[C@@H]4O)[C@H](O)[C@H]3NC(C)=O)[C@@H](O)[C@H](O[C@H]3O[C@H](CO)[C@@H](O)[C@H](O)[C@@H]3O[C@@H]3O[C@H](CO)[C@@H](O[C@@H]4O[C@H](CO)[C@H](O)[C@H](O)[C@H]4O[C@@H]4O[C@@H](C)[C@@H](O)[C@@H](O)[C@@H]4O)[C@H](O)[C@H]3NC(C)=O)[C@@H]2O)[C@@H]1O. The van der Waals surface area contributed by atoms with Crippen LogP contribution in [0.3, 0.4) is 0 Å². The lowest BCUT2D eigenvalue weighted by atomic mass is 9.93. The zero-order valence-electron chi connectivity index (χ0n) is 76.9. The molecule has 0 bridgehead atoms. The second-order valence-electron chi connectivity index (χ2n) is 36.6. The quantitative estimate of drug-likeness (QED) is 0.0280. The van der Waals surface area contributed by atoms with E-state index in [1.165, 1.54) is 20.8 Å². The Morgan fingerprint density at radius 2 is 0.430 bits per heavy atom. The first kappa shape index (κ1) is 116. The van der Waals surface area contributed by atoms with Gasteiger partial charge in [0, 0.05) is 27.7 Å². The van der Waals surface area contributed by atoms with Crippen molar-refractivity contribution in [1.29, 1.82) is 0 Å². The van der Waals surface area contributed by atoms with Gasteiger partial charge in [-0.2, -0.15) is 0 Å². The molecular weight excluding hydrogens is 1940 g/mol. The van der Waals surface area contributed by atoms with E-state index in [-0.39, 0.29) is 0 Å². The number of aliphatic hydroxyl groups excluding tert-OH is 31. The summed E-state index contributed by atoms with van der Waals surface area (Å²) in [6, 6.07) is -8.01. The van der Waals surface area contributed by atoms with E-state index in [1.54, 1.807) is 0 Å². The van der Waals surface area contributed by atoms with Crippen molar-refractivity contribution in [3.05, 3.63) is 0 Å². The van der Waals surface area contributed by atoms with Gasteiger partial charge in [-0.05, 0) is 20.8 Å². The third kappa shape index (κ3) is 25.4. The summed E-state index contributed by atoms with van der Waals surface area (Å²) in [4.78, 5) is 52.5. The average molecular weight is 2080 g/mol. The number of hydrogen-bond donors (Lipinski definition) is 35. The Balaban J connectivity index is 0.868. The Morgan fingerprint density at radius 3 is 0.768 bits per heavy atom. The molecule has 12 fully saturated rings. The molecule has 60 atom stereocenters. The molecule has 62 heteroatoms. The average Bonchev–Trinajstić information content (AvgIpc) is 0.764. The van der Waals surface area contributed by atoms with Gasteiger partial charge < -0.3 is 289 Å². The molecular formula is C80H134N4O58. The summed E-state index contributed by atoms with van der Waals surface area (Å²) in [6.07, 6.45) is -117. The van der Waals surface area contributed by atoms with Crippen molar-refractivity contribution in [1.82, 2.24) is 21.3 Å². The molecule has 35 N–H and O–H groups in total. The van der Waals surface area contributed by atoms with Crippen LogP contribution in [0.25, 0.3) is 0 Å². The van der Waals surface area contributed by atoms with Gasteiger partial charge >= 0.3 is 0 Å². The zero-order chi connectivity index (χ0) is 104. The van der Waals surface area contributed by atoms with Crippen LogP contribution < -0.4 is 21.3 Å². The lowest BCUT2D eigenvalue weighted by Gasteiger charge is -2.51. The van der Waals surface area contributed by atoms with Crippen molar-refractivity contribution >= 4 is 23.6 Å². The number of carbonyl (C=O) groups is 4. The molecule has 62 nitrogen and oxygen atoms in total. The molecule has 822 valence electrons. The summed E-state index contributed by atoms with van der Waals surface area (Å²) < 4.78 is 138. The van der Waals surface area contributed by atoms with Gasteiger partial charge in [-0.1, -0.05) is 0 Å². The fourth-order valence-corrected chi connectivity index (χ4v) is 18.6. The number of rotatable bonds is 35. The maximum absolute atomic E-state index is 13.4. The highest BCUT2D eigenvalue weighted by Crippen LogP contribution is 2.43. The van der Waals surface area contributed by atoms with Crippen LogP contribution in [0, 0.1) is 0 Å². The third-order valence-corrected chi connectivity index (χ3v) is 26.6. The largest absolute Gasteiger partial charge is 0.394 e.